The summed E-state index contributed by atoms with van der Waals surface area (Å²) in [5.41, 5.74) is 2.52. The summed E-state index contributed by atoms with van der Waals surface area (Å²) < 4.78 is 13.4. The number of nitrogens with one attached hydrogen (secondary N) is 1. The van der Waals surface area contributed by atoms with Gasteiger partial charge in [0.25, 0.3) is 0 Å². The van der Waals surface area contributed by atoms with E-state index in [1.807, 2.05) is 24.5 Å². The van der Waals surface area contributed by atoms with Crippen molar-refractivity contribution in [2.24, 2.45) is 0 Å². The summed E-state index contributed by atoms with van der Waals surface area (Å²) in [5.74, 6) is -0.166. The van der Waals surface area contributed by atoms with Gasteiger partial charge in [-0.05, 0) is 62.1 Å². The highest BCUT2D eigenvalue weighted by Crippen LogP contribution is 2.34. The van der Waals surface area contributed by atoms with E-state index in [0.29, 0.717) is 0 Å². The maximum Gasteiger partial charge on any atom is 0.123 e. The van der Waals surface area contributed by atoms with Crippen molar-refractivity contribution in [1.29, 1.82) is 0 Å². The van der Waals surface area contributed by atoms with Gasteiger partial charge in [0.1, 0.15) is 5.82 Å². The van der Waals surface area contributed by atoms with Gasteiger partial charge in [0.2, 0.25) is 0 Å². The SMILES string of the molecule is CNC(c1cccc(F)c1)c1cc2c(s1)CCCCC2. The lowest BCUT2D eigenvalue weighted by molar-refractivity contribution is 0.618. The Hall–Kier alpha value is -1.19. The van der Waals surface area contributed by atoms with E-state index in [0.717, 1.165) is 5.56 Å². The fraction of sp³-hybridized carbons (Fsp3) is 0.412. The van der Waals surface area contributed by atoms with Crippen molar-refractivity contribution in [3.05, 3.63) is 57.0 Å². The third-order valence-corrected chi connectivity index (χ3v) is 5.32. The molecule has 0 saturated heterocycles. The molecule has 1 N–H and O–H groups in total. The Balaban J connectivity index is 1.93. The first-order chi connectivity index (χ1) is 9.78. The number of fused-ring (bicyclic) bond motifs is 1. The smallest absolute Gasteiger partial charge is 0.123 e. The van der Waals surface area contributed by atoms with Crippen molar-refractivity contribution in [3.63, 3.8) is 0 Å². The highest BCUT2D eigenvalue weighted by atomic mass is 32.1. The zero-order valence-electron chi connectivity index (χ0n) is 11.8. The highest BCUT2D eigenvalue weighted by Gasteiger charge is 2.19. The predicted octanol–water partition coefficient (Wildman–Crippen LogP) is 4.46. The first kappa shape index (κ1) is 13.8. The Kier molecular flexibility index (Phi) is 4.18. The van der Waals surface area contributed by atoms with Crippen molar-refractivity contribution < 1.29 is 4.39 Å². The third kappa shape index (κ3) is 2.79. The lowest BCUT2D eigenvalue weighted by Gasteiger charge is -2.15. The molecule has 1 atom stereocenters. The van der Waals surface area contributed by atoms with Crippen LogP contribution in [0.2, 0.25) is 0 Å². The van der Waals surface area contributed by atoms with E-state index in [2.05, 4.69) is 11.4 Å². The number of rotatable bonds is 3. The number of hydrogen-bond acceptors (Lipinski definition) is 2. The van der Waals surface area contributed by atoms with Crippen molar-refractivity contribution >= 4 is 11.3 Å². The normalized spacial score (nSPS) is 16.5. The van der Waals surface area contributed by atoms with Crippen LogP contribution in [0.1, 0.15) is 46.2 Å². The maximum absolute atomic E-state index is 13.4. The van der Waals surface area contributed by atoms with Gasteiger partial charge in [-0.25, -0.2) is 4.39 Å². The molecule has 2 aromatic rings. The van der Waals surface area contributed by atoms with Gasteiger partial charge in [-0.15, -0.1) is 11.3 Å². The van der Waals surface area contributed by atoms with Crippen LogP contribution in [0.5, 0.6) is 0 Å². The molecule has 0 saturated carbocycles. The van der Waals surface area contributed by atoms with Gasteiger partial charge in [-0.1, -0.05) is 18.6 Å². The average molecular weight is 289 g/mol. The molecule has 0 aliphatic heterocycles. The summed E-state index contributed by atoms with van der Waals surface area (Å²) in [6.45, 7) is 0. The molecule has 3 heteroatoms. The van der Waals surface area contributed by atoms with Gasteiger partial charge >= 0.3 is 0 Å². The summed E-state index contributed by atoms with van der Waals surface area (Å²) in [6.07, 6.45) is 6.35. The molecule has 1 aliphatic carbocycles. The van der Waals surface area contributed by atoms with Gasteiger partial charge in [0.05, 0.1) is 6.04 Å². The molecule has 1 aromatic carbocycles. The van der Waals surface area contributed by atoms with Crippen LogP contribution >= 0.6 is 11.3 Å². The molecule has 0 radical (unpaired) electrons. The maximum atomic E-state index is 13.4. The minimum Gasteiger partial charge on any atom is -0.309 e. The van der Waals surface area contributed by atoms with Crippen LogP contribution in [0.3, 0.4) is 0 Å². The topological polar surface area (TPSA) is 12.0 Å². The minimum atomic E-state index is -0.166. The molecule has 1 aliphatic rings. The second-order valence-electron chi connectivity index (χ2n) is 5.43. The molecule has 106 valence electrons. The molecule has 0 bridgehead atoms. The van der Waals surface area contributed by atoms with E-state index in [4.69, 9.17) is 0 Å². The Morgan fingerprint density at radius 2 is 2.00 bits per heavy atom. The van der Waals surface area contributed by atoms with E-state index >= 15 is 0 Å². The average Bonchev–Trinajstić information content (AvgIpc) is 2.70. The van der Waals surface area contributed by atoms with E-state index in [9.17, 15) is 4.39 Å². The van der Waals surface area contributed by atoms with Gasteiger partial charge < -0.3 is 5.32 Å². The Bertz CT molecular complexity index is 567. The summed E-state index contributed by atoms with van der Waals surface area (Å²) in [5, 5.41) is 3.33. The van der Waals surface area contributed by atoms with Crippen molar-refractivity contribution in [1.82, 2.24) is 5.32 Å². The summed E-state index contributed by atoms with van der Waals surface area (Å²) >= 11 is 1.90. The van der Waals surface area contributed by atoms with Crippen LogP contribution < -0.4 is 5.32 Å². The molecule has 0 fully saturated rings. The van der Waals surface area contributed by atoms with Gasteiger partial charge in [0, 0.05) is 9.75 Å². The molecular formula is C17H20FNS. The van der Waals surface area contributed by atoms with Gasteiger partial charge in [-0.2, -0.15) is 0 Å². The summed E-state index contributed by atoms with van der Waals surface area (Å²) in [7, 11) is 1.94. The molecule has 1 unspecified atom stereocenters. The van der Waals surface area contributed by atoms with E-state index in [1.165, 1.54) is 53.5 Å². The van der Waals surface area contributed by atoms with E-state index < -0.39 is 0 Å². The van der Waals surface area contributed by atoms with Crippen molar-refractivity contribution in [2.45, 2.75) is 38.1 Å². The molecule has 1 aromatic heterocycles. The molecule has 3 rings (SSSR count). The lowest BCUT2D eigenvalue weighted by Crippen LogP contribution is -2.16. The standard InChI is InChI=1S/C17H20FNS/c1-19-17(13-7-5-8-14(18)10-13)16-11-12-6-3-2-4-9-15(12)20-16/h5,7-8,10-11,17,19H,2-4,6,9H2,1H3. The number of halogens is 1. The Morgan fingerprint density at radius 1 is 1.15 bits per heavy atom. The second-order valence-corrected chi connectivity index (χ2v) is 6.60. The summed E-state index contributed by atoms with van der Waals surface area (Å²) in [4.78, 5) is 2.85. The molecule has 1 nitrogen and oxygen atoms in total. The predicted molar refractivity (Wildman–Crippen MR) is 82.9 cm³/mol. The molecule has 0 amide bonds. The fourth-order valence-electron chi connectivity index (χ4n) is 2.99. The van der Waals surface area contributed by atoms with E-state index in [-0.39, 0.29) is 11.9 Å². The van der Waals surface area contributed by atoms with E-state index in [1.54, 1.807) is 12.1 Å². The van der Waals surface area contributed by atoms with Gasteiger partial charge in [-0.3, -0.25) is 0 Å². The highest BCUT2D eigenvalue weighted by molar-refractivity contribution is 7.12. The molecule has 1 heterocycles. The first-order valence-corrected chi connectivity index (χ1v) is 8.14. The van der Waals surface area contributed by atoms with Gasteiger partial charge in [0.15, 0.2) is 0 Å². The van der Waals surface area contributed by atoms with Crippen LogP contribution in [0.25, 0.3) is 0 Å². The zero-order valence-corrected chi connectivity index (χ0v) is 12.6. The number of thiophene rings is 1. The zero-order chi connectivity index (χ0) is 13.9. The number of benzene rings is 1. The van der Waals surface area contributed by atoms with Crippen molar-refractivity contribution in [2.75, 3.05) is 7.05 Å². The largest absolute Gasteiger partial charge is 0.309 e. The monoisotopic (exact) mass is 289 g/mol. The third-order valence-electron chi connectivity index (χ3n) is 4.02. The van der Waals surface area contributed by atoms with Crippen LogP contribution in [0.15, 0.2) is 30.3 Å². The summed E-state index contributed by atoms with van der Waals surface area (Å²) in [6, 6.07) is 9.34. The van der Waals surface area contributed by atoms with Crippen LogP contribution in [-0.4, -0.2) is 7.05 Å². The minimum absolute atomic E-state index is 0.0997. The molecular weight excluding hydrogens is 269 g/mol. The van der Waals surface area contributed by atoms with Crippen LogP contribution in [-0.2, 0) is 12.8 Å². The van der Waals surface area contributed by atoms with Crippen LogP contribution in [0, 0.1) is 5.82 Å². The Labute approximate surface area is 123 Å². The number of hydrogen-bond donors (Lipinski definition) is 1. The lowest BCUT2D eigenvalue weighted by atomic mass is 10.0. The Morgan fingerprint density at radius 3 is 2.80 bits per heavy atom. The molecule has 0 spiro atoms. The van der Waals surface area contributed by atoms with Crippen LogP contribution in [0.4, 0.5) is 4.39 Å². The van der Waals surface area contributed by atoms with Crippen molar-refractivity contribution in [3.8, 4) is 0 Å². The fourth-order valence-corrected chi connectivity index (χ4v) is 4.39. The second kappa shape index (κ2) is 6.06. The number of aryl methyl sites for hydroxylation is 2. The first-order valence-electron chi connectivity index (χ1n) is 7.32. The molecule has 20 heavy (non-hydrogen) atoms. The quantitative estimate of drug-likeness (QED) is 0.822.